The molecule has 2 atom stereocenters. The quantitative estimate of drug-likeness (QED) is 0.594. The van der Waals surface area contributed by atoms with Crippen LogP contribution >= 0.6 is 25.3 Å². The molecule has 0 radical (unpaired) electrons. The van der Waals surface area contributed by atoms with Gasteiger partial charge in [-0.2, -0.15) is 25.3 Å². The Balaban J connectivity index is 3.31. The molecule has 0 aromatic carbocycles. The van der Waals surface area contributed by atoms with Gasteiger partial charge in [0.05, 0.1) is 0 Å². The van der Waals surface area contributed by atoms with Gasteiger partial charge in [-0.05, 0) is 36.2 Å². The van der Waals surface area contributed by atoms with Crippen LogP contribution < -0.4 is 0 Å². The molecule has 0 spiro atoms. The van der Waals surface area contributed by atoms with E-state index in [1.165, 1.54) is 12.8 Å². The van der Waals surface area contributed by atoms with E-state index < -0.39 is 0 Å². The predicted molar refractivity (Wildman–Crippen MR) is 55.3 cm³/mol. The summed E-state index contributed by atoms with van der Waals surface area (Å²) in [5.74, 6) is 3.59. The van der Waals surface area contributed by atoms with Gasteiger partial charge in [0.25, 0.3) is 0 Å². The third-order valence-corrected chi connectivity index (χ3v) is 2.97. The van der Waals surface area contributed by atoms with Crippen LogP contribution in [0.2, 0.25) is 0 Å². The standard InChI is InChI=1S/C8H18S2/c1-7(4-3-5-9)8(2)6-10/h7-10H,3-6H2,1-2H3. The summed E-state index contributed by atoms with van der Waals surface area (Å²) < 4.78 is 0. The van der Waals surface area contributed by atoms with Crippen molar-refractivity contribution in [3.05, 3.63) is 0 Å². The predicted octanol–water partition coefficient (Wildman–Crippen LogP) is 2.90. The molecule has 0 saturated carbocycles. The van der Waals surface area contributed by atoms with Gasteiger partial charge < -0.3 is 0 Å². The zero-order valence-corrected chi connectivity index (χ0v) is 8.67. The Bertz CT molecular complexity index is 73.7. The highest BCUT2D eigenvalue weighted by molar-refractivity contribution is 7.80. The first-order valence-corrected chi connectivity index (χ1v) is 5.20. The molecule has 2 heteroatoms. The number of hydrogen-bond donors (Lipinski definition) is 2. The Kier molecular flexibility index (Phi) is 6.86. The highest BCUT2D eigenvalue weighted by Gasteiger charge is 2.08. The van der Waals surface area contributed by atoms with E-state index in [4.69, 9.17) is 0 Å². The summed E-state index contributed by atoms with van der Waals surface area (Å²) in [7, 11) is 0. The molecule has 0 heterocycles. The summed E-state index contributed by atoms with van der Waals surface area (Å²) in [6, 6.07) is 0. The second-order valence-electron chi connectivity index (χ2n) is 3.00. The number of rotatable bonds is 5. The summed E-state index contributed by atoms with van der Waals surface area (Å²) in [4.78, 5) is 0. The summed E-state index contributed by atoms with van der Waals surface area (Å²) in [5, 5.41) is 0. The minimum atomic E-state index is 0.753. The van der Waals surface area contributed by atoms with Crippen LogP contribution in [0.15, 0.2) is 0 Å². The lowest BCUT2D eigenvalue weighted by Crippen LogP contribution is -2.09. The molecule has 0 rings (SSSR count). The molecule has 0 amide bonds. The van der Waals surface area contributed by atoms with Gasteiger partial charge in [-0.25, -0.2) is 0 Å². The summed E-state index contributed by atoms with van der Waals surface area (Å²) in [6.07, 6.45) is 2.54. The first-order valence-electron chi connectivity index (χ1n) is 3.94. The fourth-order valence-electron chi connectivity index (χ4n) is 0.878. The molecule has 0 fully saturated rings. The van der Waals surface area contributed by atoms with Crippen molar-refractivity contribution in [2.45, 2.75) is 26.7 Å². The highest BCUT2D eigenvalue weighted by Crippen LogP contribution is 2.17. The number of hydrogen-bond acceptors (Lipinski definition) is 2. The van der Waals surface area contributed by atoms with Gasteiger partial charge in [0, 0.05) is 0 Å². The molecule has 2 unspecified atom stereocenters. The third kappa shape index (κ3) is 4.51. The van der Waals surface area contributed by atoms with E-state index in [1.54, 1.807) is 0 Å². The molecule has 0 nitrogen and oxygen atoms in total. The van der Waals surface area contributed by atoms with Gasteiger partial charge in [0.15, 0.2) is 0 Å². The van der Waals surface area contributed by atoms with E-state index in [1.807, 2.05) is 0 Å². The van der Waals surface area contributed by atoms with Crippen molar-refractivity contribution in [2.24, 2.45) is 11.8 Å². The fourth-order valence-corrected chi connectivity index (χ4v) is 1.42. The molecule has 0 aliphatic rings. The second kappa shape index (κ2) is 6.41. The second-order valence-corrected chi connectivity index (χ2v) is 3.82. The molecule has 0 aliphatic carbocycles. The lowest BCUT2D eigenvalue weighted by atomic mass is 9.93. The van der Waals surface area contributed by atoms with Crippen molar-refractivity contribution in [1.29, 1.82) is 0 Å². The zero-order valence-electron chi connectivity index (χ0n) is 6.88. The third-order valence-electron chi connectivity index (χ3n) is 2.08. The van der Waals surface area contributed by atoms with Crippen molar-refractivity contribution in [2.75, 3.05) is 11.5 Å². The van der Waals surface area contributed by atoms with Gasteiger partial charge in [0.2, 0.25) is 0 Å². The van der Waals surface area contributed by atoms with Crippen molar-refractivity contribution in [3.63, 3.8) is 0 Å². The van der Waals surface area contributed by atoms with Crippen LogP contribution in [0.1, 0.15) is 26.7 Å². The maximum Gasteiger partial charge on any atom is -0.00696 e. The normalized spacial score (nSPS) is 16.8. The average Bonchev–Trinajstić information content (AvgIpc) is 1.98. The van der Waals surface area contributed by atoms with E-state index in [0.717, 1.165) is 23.3 Å². The molecule has 0 N–H and O–H groups in total. The largest absolute Gasteiger partial charge is 0.179 e. The summed E-state index contributed by atoms with van der Waals surface area (Å²) in [5.41, 5.74) is 0. The topological polar surface area (TPSA) is 0 Å². The maximum atomic E-state index is 4.26. The van der Waals surface area contributed by atoms with Crippen LogP contribution in [0.4, 0.5) is 0 Å². The molecule has 0 bridgehead atoms. The van der Waals surface area contributed by atoms with Gasteiger partial charge in [-0.1, -0.05) is 13.8 Å². The monoisotopic (exact) mass is 178 g/mol. The average molecular weight is 178 g/mol. The number of thiol groups is 2. The molecule has 62 valence electrons. The maximum absolute atomic E-state index is 4.26. The zero-order chi connectivity index (χ0) is 7.98. The summed E-state index contributed by atoms with van der Waals surface area (Å²) >= 11 is 8.43. The Morgan fingerprint density at radius 3 is 2.10 bits per heavy atom. The first-order chi connectivity index (χ1) is 4.72. The highest BCUT2D eigenvalue weighted by atomic mass is 32.1. The lowest BCUT2D eigenvalue weighted by Gasteiger charge is -2.16. The van der Waals surface area contributed by atoms with Crippen LogP contribution in [0, 0.1) is 11.8 Å². The Labute approximate surface area is 75.6 Å². The molecule has 0 aliphatic heterocycles. The molecule has 0 aromatic rings. The molecule has 10 heavy (non-hydrogen) atoms. The minimum absolute atomic E-state index is 0.753. The first kappa shape index (κ1) is 10.7. The molecular formula is C8H18S2. The van der Waals surface area contributed by atoms with E-state index in [-0.39, 0.29) is 0 Å². The van der Waals surface area contributed by atoms with E-state index in [9.17, 15) is 0 Å². The van der Waals surface area contributed by atoms with Crippen molar-refractivity contribution >= 4 is 25.3 Å². The SMILES string of the molecule is CC(CS)C(C)CCCS. The van der Waals surface area contributed by atoms with E-state index >= 15 is 0 Å². The van der Waals surface area contributed by atoms with Crippen molar-refractivity contribution < 1.29 is 0 Å². The van der Waals surface area contributed by atoms with Gasteiger partial charge >= 0.3 is 0 Å². The smallest absolute Gasteiger partial charge is 0.00696 e. The Hall–Kier alpha value is 0.700. The van der Waals surface area contributed by atoms with Crippen LogP contribution in [-0.4, -0.2) is 11.5 Å². The Morgan fingerprint density at radius 1 is 1.10 bits per heavy atom. The van der Waals surface area contributed by atoms with Crippen molar-refractivity contribution in [3.8, 4) is 0 Å². The van der Waals surface area contributed by atoms with Crippen LogP contribution in [0.25, 0.3) is 0 Å². The fraction of sp³-hybridized carbons (Fsp3) is 1.00. The molecular weight excluding hydrogens is 160 g/mol. The lowest BCUT2D eigenvalue weighted by molar-refractivity contribution is 0.396. The molecule has 0 saturated heterocycles. The molecule has 0 aromatic heterocycles. The summed E-state index contributed by atoms with van der Waals surface area (Å²) in [6.45, 7) is 4.56. The van der Waals surface area contributed by atoms with Crippen LogP contribution in [0.5, 0.6) is 0 Å². The Morgan fingerprint density at radius 2 is 1.70 bits per heavy atom. The van der Waals surface area contributed by atoms with E-state index in [0.29, 0.717) is 0 Å². The van der Waals surface area contributed by atoms with Gasteiger partial charge in [0.1, 0.15) is 0 Å². The van der Waals surface area contributed by atoms with Crippen LogP contribution in [-0.2, 0) is 0 Å². The van der Waals surface area contributed by atoms with Gasteiger partial charge in [-0.15, -0.1) is 0 Å². The van der Waals surface area contributed by atoms with Gasteiger partial charge in [-0.3, -0.25) is 0 Å². The van der Waals surface area contributed by atoms with Crippen molar-refractivity contribution in [1.82, 2.24) is 0 Å². The minimum Gasteiger partial charge on any atom is -0.179 e. The van der Waals surface area contributed by atoms with E-state index in [2.05, 4.69) is 39.1 Å². The van der Waals surface area contributed by atoms with Crippen LogP contribution in [0.3, 0.4) is 0 Å².